The van der Waals surface area contributed by atoms with Crippen molar-refractivity contribution < 1.29 is 0 Å². The molecule has 1 nitrogen and oxygen atoms in total. The van der Waals surface area contributed by atoms with Gasteiger partial charge in [0.2, 0.25) is 0 Å². The van der Waals surface area contributed by atoms with E-state index in [4.69, 9.17) is 11.6 Å². The molecule has 0 saturated carbocycles. The van der Waals surface area contributed by atoms with Crippen LogP contribution in [0.2, 0.25) is 5.02 Å². The molecule has 100 valence electrons. The lowest BCUT2D eigenvalue weighted by Crippen LogP contribution is -2.38. The van der Waals surface area contributed by atoms with Crippen LogP contribution in [0.5, 0.6) is 0 Å². The molecule has 1 heterocycles. The summed E-state index contributed by atoms with van der Waals surface area (Å²) in [7, 11) is 0. The summed E-state index contributed by atoms with van der Waals surface area (Å²) in [5.74, 6) is 2.14. The summed E-state index contributed by atoms with van der Waals surface area (Å²) < 4.78 is 0. The predicted molar refractivity (Wildman–Crippen MR) is 79.2 cm³/mol. The molecule has 0 aromatic heterocycles. The maximum Gasteiger partial charge on any atom is 0.0441 e. The van der Waals surface area contributed by atoms with Crippen molar-refractivity contribution in [2.75, 3.05) is 13.1 Å². The maximum atomic E-state index is 6.38. The number of nitrogens with one attached hydrogen (secondary N) is 1. The van der Waals surface area contributed by atoms with E-state index in [9.17, 15) is 0 Å². The molecule has 1 saturated heterocycles. The summed E-state index contributed by atoms with van der Waals surface area (Å²) in [4.78, 5) is 0. The summed E-state index contributed by atoms with van der Waals surface area (Å²) >= 11 is 6.38. The van der Waals surface area contributed by atoms with Crippen molar-refractivity contribution in [3.8, 4) is 0 Å². The van der Waals surface area contributed by atoms with Crippen LogP contribution in [0, 0.1) is 11.8 Å². The molecule has 2 rings (SSSR count). The topological polar surface area (TPSA) is 12.0 Å². The Hall–Kier alpha value is -0.530. The summed E-state index contributed by atoms with van der Waals surface area (Å²) in [5.41, 5.74) is 1.33. The molecular formula is C16H24ClN. The number of halogens is 1. The van der Waals surface area contributed by atoms with Crippen LogP contribution in [0.4, 0.5) is 0 Å². The summed E-state index contributed by atoms with van der Waals surface area (Å²) in [6.07, 6.45) is 3.88. The van der Waals surface area contributed by atoms with Crippen LogP contribution in [-0.2, 0) is 0 Å². The third kappa shape index (κ3) is 3.07. The van der Waals surface area contributed by atoms with Gasteiger partial charge in [0.15, 0.2) is 0 Å². The fourth-order valence-electron chi connectivity index (χ4n) is 3.35. The van der Waals surface area contributed by atoms with Gasteiger partial charge in [-0.3, -0.25) is 0 Å². The fraction of sp³-hybridized carbons (Fsp3) is 0.625. The molecule has 2 heteroatoms. The lowest BCUT2D eigenvalue weighted by molar-refractivity contribution is 0.227. The van der Waals surface area contributed by atoms with Crippen LogP contribution in [0.1, 0.15) is 44.6 Å². The Balaban J connectivity index is 2.20. The van der Waals surface area contributed by atoms with Gasteiger partial charge in [0.25, 0.3) is 0 Å². The van der Waals surface area contributed by atoms with Crippen molar-refractivity contribution in [2.24, 2.45) is 11.8 Å². The van der Waals surface area contributed by atoms with Crippen LogP contribution in [0.25, 0.3) is 0 Å². The highest BCUT2D eigenvalue weighted by Gasteiger charge is 2.31. The Labute approximate surface area is 116 Å². The molecule has 0 radical (unpaired) electrons. The van der Waals surface area contributed by atoms with Crippen LogP contribution in [0.3, 0.4) is 0 Å². The first-order chi connectivity index (χ1) is 8.74. The van der Waals surface area contributed by atoms with Crippen molar-refractivity contribution in [2.45, 2.75) is 39.0 Å². The molecule has 1 aromatic carbocycles. The van der Waals surface area contributed by atoms with Gasteiger partial charge < -0.3 is 5.32 Å². The zero-order valence-electron chi connectivity index (χ0n) is 11.5. The lowest BCUT2D eigenvalue weighted by atomic mass is 9.73. The Morgan fingerprint density at radius 1 is 1.39 bits per heavy atom. The molecule has 18 heavy (non-hydrogen) atoms. The van der Waals surface area contributed by atoms with Crippen molar-refractivity contribution >= 4 is 11.6 Å². The second kappa shape index (κ2) is 6.58. The molecular weight excluding hydrogens is 242 g/mol. The second-order valence-electron chi connectivity index (χ2n) is 5.55. The average Bonchev–Trinajstić information content (AvgIpc) is 2.40. The number of benzene rings is 1. The highest BCUT2D eigenvalue weighted by Crippen LogP contribution is 2.38. The molecule has 3 unspecified atom stereocenters. The zero-order valence-corrected chi connectivity index (χ0v) is 12.2. The first kappa shape index (κ1) is 13.9. The molecule has 3 atom stereocenters. The summed E-state index contributed by atoms with van der Waals surface area (Å²) in [6, 6.07) is 8.35. The van der Waals surface area contributed by atoms with E-state index in [-0.39, 0.29) is 0 Å². The van der Waals surface area contributed by atoms with Crippen LogP contribution in [0.15, 0.2) is 24.3 Å². The van der Waals surface area contributed by atoms with E-state index in [0.717, 1.165) is 29.9 Å². The average molecular weight is 266 g/mol. The van der Waals surface area contributed by atoms with Crippen LogP contribution < -0.4 is 5.32 Å². The van der Waals surface area contributed by atoms with Gasteiger partial charge in [0, 0.05) is 17.5 Å². The first-order valence-electron chi connectivity index (χ1n) is 7.19. The Kier molecular flexibility index (Phi) is 5.08. The Morgan fingerprint density at radius 3 is 2.89 bits per heavy atom. The Morgan fingerprint density at radius 2 is 2.17 bits per heavy atom. The van der Waals surface area contributed by atoms with Crippen LogP contribution >= 0.6 is 11.6 Å². The van der Waals surface area contributed by atoms with Crippen molar-refractivity contribution in [3.63, 3.8) is 0 Å². The van der Waals surface area contributed by atoms with E-state index in [2.05, 4.69) is 31.3 Å². The van der Waals surface area contributed by atoms with Crippen molar-refractivity contribution in [1.82, 2.24) is 5.32 Å². The lowest BCUT2D eigenvalue weighted by Gasteiger charge is -2.37. The van der Waals surface area contributed by atoms with Gasteiger partial charge in [-0.2, -0.15) is 0 Å². The number of piperidine rings is 1. The number of hydrogen-bond acceptors (Lipinski definition) is 1. The van der Waals surface area contributed by atoms with E-state index in [1.165, 1.54) is 24.8 Å². The monoisotopic (exact) mass is 265 g/mol. The zero-order chi connectivity index (χ0) is 13.0. The van der Waals surface area contributed by atoms with E-state index in [0.29, 0.717) is 5.92 Å². The molecule has 0 bridgehead atoms. The highest BCUT2D eigenvalue weighted by molar-refractivity contribution is 6.31. The largest absolute Gasteiger partial charge is 0.316 e. The van der Waals surface area contributed by atoms with E-state index in [1.807, 2.05) is 12.1 Å². The Bertz CT molecular complexity index is 377. The van der Waals surface area contributed by atoms with Gasteiger partial charge in [-0.05, 0) is 36.4 Å². The fourth-order valence-corrected chi connectivity index (χ4v) is 3.62. The second-order valence-corrected chi connectivity index (χ2v) is 5.96. The molecule has 1 N–H and O–H groups in total. The standard InChI is InChI=1S/C16H24ClN/c1-3-6-12(2)13-9-10-18-11-15(13)14-7-4-5-8-16(14)17/h4-5,7-8,12-13,15,18H,3,6,9-11H2,1-2H3. The minimum atomic E-state index is 0.578. The van der Waals surface area contributed by atoms with Crippen LogP contribution in [-0.4, -0.2) is 13.1 Å². The first-order valence-corrected chi connectivity index (χ1v) is 7.57. The number of rotatable bonds is 4. The molecule has 0 amide bonds. The maximum absolute atomic E-state index is 6.38. The number of hydrogen-bond donors (Lipinski definition) is 1. The molecule has 0 aliphatic carbocycles. The van der Waals surface area contributed by atoms with Gasteiger partial charge in [-0.1, -0.05) is 56.5 Å². The molecule has 1 fully saturated rings. The van der Waals surface area contributed by atoms with Gasteiger partial charge in [-0.25, -0.2) is 0 Å². The normalized spacial score (nSPS) is 25.9. The molecule has 1 aliphatic rings. The minimum Gasteiger partial charge on any atom is -0.316 e. The quantitative estimate of drug-likeness (QED) is 0.847. The van der Waals surface area contributed by atoms with E-state index >= 15 is 0 Å². The third-order valence-corrected chi connectivity index (χ3v) is 4.66. The highest BCUT2D eigenvalue weighted by atomic mass is 35.5. The smallest absolute Gasteiger partial charge is 0.0441 e. The van der Waals surface area contributed by atoms with Gasteiger partial charge in [-0.15, -0.1) is 0 Å². The minimum absolute atomic E-state index is 0.578. The third-order valence-electron chi connectivity index (χ3n) is 4.32. The van der Waals surface area contributed by atoms with E-state index in [1.54, 1.807) is 0 Å². The summed E-state index contributed by atoms with van der Waals surface area (Å²) in [5, 5.41) is 4.46. The molecule has 0 spiro atoms. The summed E-state index contributed by atoms with van der Waals surface area (Å²) in [6.45, 7) is 6.91. The van der Waals surface area contributed by atoms with E-state index < -0.39 is 0 Å². The van der Waals surface area contributed by atoms with Gasteiger partial charge in [0.1, 0.15) is 0 Å². The van der Waals surface area contributed by atoms with Crippen molar-refractivity contribution in [1.29, 1.82) is 0 Å². The molecule has 1 aliphatic heterocycles. The van der Waals surface area contributed by atoms with Gasteiger partial charge in [0.05, 0.1) is 0 Å². The molecule has 1 aromatic rings. The SMILES string of the molecule is CCCC(C)C1CCNCC1c1ccccc1Cl. The van der Waals surface area contributed by atoms with Crippen molar-refractivity contribution in [3.05, 3.63) is 34.9 Å². The van der Waals surface area contributed by atoms with Gasteiger partial charge >= 0.3 is 0 Å². The predicted octanol–water partition coefficient (Wildman–Crippen LogP) is 4.47.